The largest absolute Gasteiger partial charge is 0.481 e. The molecule has 9 heteroatoms. The monoisotopic (exact) mass is 829 g/mol. The number of esters is 1. The second kappa shape index (κ2) is 14.0. The molecule has 0 radical (unpaired) electrons. The molecule has 1 amide bonds. The zero-order chi connectivity index (χ0) is 43.2. The van der Waals surface area contributed by atoms with E-state index in [4.69, 9.17) is 4.74 Å². The highest BCUT2D eigenvalue weighted by Gasteiger charge is 2.74. The van der Waals surface area contributed by atoms with Gasteiger partial charge >= 0.3 is 11.9 Å². The number of carboxylic acids is 1. The molecule has 6 saturated carbocycles. The van der Waals surface area contributed by atoms with E-state index in [0.717, 1.165) is 75.9 Å². The number of aromatic nitrogens is 3. The number of rotatable bonds is 9. The topological polar surface area (TPSA) is 115 Å². The number of ether oxygens (including phenoxy) is 1. The van der Waals surface area contributed by atoms with E-state index in [0.29, 0.717) is 65.0 Å². The SMILES string of the molecule is Cc1nnc(C(C)C)n1[C@H]1C[C@H]2CC[C@@H](C1)N2C(=O)[C@]12CC[C@@H](C3(C)CC3)[C@@H]1[C@H]1CC[C@@H]3[C@@]4(C)CC[C@H](OC(=O)CC(C)(C)CC(=O)O)C(C)(C)[C@@H]4CC[C@@]3(C)[C@]1(C)CC2. The standard InChI is InChI=1S/C51H80N4O5/c1-30(2)43-53-52-31(3)54(43)34-26-32-12-13-33(27-34)55(32)44(59)51-21-16-35(47(8)22-23-47)42(51)36-14-15-38-48(9)19-18-39(60-41(58)29-45(4,5)28-40(56)57)46(6,7)37(48)17-20-50(38,11)49(36,10)24-25-51/h30,32-39,42H,12-29H2,1-11H3,(H,56,57)/t32-,33+,34+,35-,36-,37+,38-,39+,42-,48+,49-,50-,51+/m1/s1. The maximum Gasteiger partial charge on any atom is 0.306 e. The minimum Gasteiger partial charge on any atom is -0.481 e. The number of fused-ring (bicyclic) bond motifs is 9. The minimum atomic E-state index is -0.877. The van der Waals surface area contributed by atoms with Crippen molar-refractivity contribution in [3.63, 3.8) is 0 Å². The molecule has 60 heavy (non-hydrogen) atoms. The van der Waals surface area contributed by atoms with Crippen molar-refractivity contribution in [1.29, 1.82) is 0 Å². The summed E-state index contributed by atoms with van der Waals surface area (Å²) in [6.07, 6.45) is 18.2. The van der Waals surface area contributed by atoms with Crippen molar-refractivity contribution in [3.05, 3.63) is 11.6 Å². The van der Waals surface area contributed by atoms with Crippen LogP contribution in [0.2, 0.25) is 0 Å². The van der Waals surface area contributed by atoms with Crippen molar-refractivity contribution in [2.24, 2.45) is 67.5 Å². The van der Waals surface area contributed by atoms with Crippen molar-refractivity contribution in [3.8, 4) is 0 Å². The Morgan fingerprint density at radius 3 is 2.07 bits per heavy atom. The fraction of sp³-hybridized carbons (Fsp3) is 0.902. The van der Waals surface area contributed by atoms with Gasteiger partial charge in [-0.25, -0.2) is 0 Å². The van der Waals surface area contributed by atoms with Gasteiger partial charge in [0.2, 0.25) is 5.91 Å². The van der Waals surface area contributed by atoms with Gasteiger partial charge in [-0.05, 0) is 166 Å². The van der Waals surface area contributed by atoms with Crippen LogP contribution in [0.1, 0.15) is 208 Å². The Bertz CT molecular complexity index is 1880. The Balaban J connectivity index is 0.974. The molecule has 1 N–H and O–H groups in total. The highest BCUT2D eigenvalue weighted by molar-refractivity contribution is 5.85. The number of aliphatic carboxylic acids is 1. The molecule has 0 aromatic carbocycles. The normalized spacial score (nSPS) is 43.7. The smallest absolute Gasteiger partial charge is 0.306 e. The van der Waals surface area contributed by atoms with Gasteiger partial charge in [-0.2, -0.15) is 0 Å². The van der Waals surface area contributed by atoms with Gasteiger partial charge in [0.05, 0.1) is 18.3 Å². The fourth-order valence-electron chi connectivity index (χ4n) is 17.7. The van der Waals surface area contributed by atoms with Crippen LogP contribution >= 0.6 is 0 Å². The van der Waals surface area contributed by atoms with Crippen LogP contribution in [-0.4, -0.2) is 60.8 Å². The third kappa shape index (κ3) is 6.18. The van der Waals surface area contributed by atoms with E-state index >= 15 is 4.79 Å². The number of carboxylic acid groups (broad SMARTS) is 1. The lowest BCUT2D eigenvalue weighted by atomic mass is 9.32. The molecule has 9 nitrogen and oxygen atoms in total. The van der Waals surface area contributed by atoms with E-state index in [1.165, 1.54) is 38.5 Å². The van der Waals surface area contributed by atoms with E-state index in [-0.39, 0.29) is 52.0 Å². The summed E-state index contributed by atoms with van der Waals surface area (Å²) in [7, 11) is 0. The van der Waals surface area contributed by atoms with Crippen LogP contribution in [0, 0.1) is 74.4 Å². The van der Waals surface area contributed by atoms with E-state index in [2.05, 4.69) is 82.0 Å². The van der Waals surface area contributed by atoms with Crippen LogP contribution in [0.4, 0.5) is 0 Å². The van der Waals surface area contributed by atoms with Crippen molar-refractivity contribution in [1.82, 2.24) is 19.7 Å². The molecule has 9 rings (SSSR count). The lowest BCUT2D eigenvalue weighted by Gasteiger charge is -2.73. The molecule has 2 saturated heterocycles. The van der Waals surface area contributed by atoms with Gasteiger partial charge in [0.25, 0.3) is 0 Å². The Morgan fingerprint density at radius 1 is 0.750 bits per heavy atom. The Kier molecular flexibility index (Phi) is 10.0. The molecule has 2 bridgehead atoms. The third-order valence-corrected chi connectivity index (χ3v) is 21.0. The zero-order valence-electron chi connectivity index (χ0n) is 39.4. The first kappa shape index (κ1) is 42.8. The molecular weight excluding hydrogens is 749 g/mol. The lowest BCUT2D eigenvalue weighted by Crippen LogP contribution is -2.68. The molecule has 334 valence electrons. The van der Waals surface area contributed by atoms with E-state index in [1.807, 2.05) is 13.8 Å². The first-order chi connectivity index (χ1) is 28.0. The quantitative estimate of drug-likeness (QED) is 0.247. The van der Waals surface area contributed by atoms with E-state index in [9.17, 15) is 14.7 Å². The molecule has 0 spiro atoms. The van der Waals surface area contributed by atoms with Crippen molar-refractivity contribution < 1.29 is 24.2 Å². The van der Waals surface area contributed by atoms with Crippen LogP contribution in [0.25, 0.3) is 0 Å². The Labute approximate surface area is 361 Å². The highest BCUT2D eigenvalue weighted by atomic mass is 16.5. The zero-order valence-corrected chi connectivity index (χ0v) is 39.4. The molecule has 3 heterocycles. The Hall–Kier alpha value is -2.45. The number of carbonyl (C=O) groups excluding carboxylic acids is 2. The minimum absolute atomic E-state index is 0.0449. The summed E-state index contributed by atoms with van der Waals surface area (Å²) in [5.41, 5.74) is -0.116. The van der Waals surface area contributed by atoms with Gasteiger partial charge in [0.15, 0.2) is 0 Å². The lowest BCUT2D eigenvalue weighted by molar-refractivity contribution is -0.252. The summed E-state index contributed by atoms with van der Waals surface area (Å²) in [5, 5.41) is 18.6. The summed E-state index contributed by atoms with van der Waals surface area (Å²) < 4.78 is 8.79. The first-order valence-corrected chi connectivity index (χ1v) is 24.7. The second-order valence-corrected chi connectivity index (χ2v) is 25.3. The third-order valence-electron chi connectivity index (χ3n) is 21.0. The van der Waals surface area contributed by atoms with Crippen molar-refractivity contribution in [2.45, 2.75) is 222 Å². The van der Waals surface area contributed by atoms with Crippen LogP contribution in [0.3, 0.4) is 0 Å². The summed E-state index contributed by atoms with van der Waals surface area (Å²) in [6, 6.07) is 1.01. The summed E-state index contributed by atoms with van der Waals surface area (Å²) in [5.74, 6) is 4.61. The van der Waals surface area contributed by atoms with Gasteiger partial charge in [-0.1, -0.05) is 69.2 Å². The van der Waals surface area contributed by atoms with Crippen molar-refractivity contribution >= 4 is 17.8 Å². The fourth-order valence-corrected chi connectivity index (χ4v) is 17.7. The molecule has 8 fully saturated rings. The number of hydrogen-bond acceptors (Lipinski definition) is 6. The maximum absolute atomic E-state index is 15.9. The molecule has 8 aliphatic rings. The molecule has 1 aromatic rings. The highest BCUT2D eigenvalue weighted by Crippen LogP contribution is 2.79. The number of amides is 1. The van der Waals surface area contributed by atoms with Crippen LogP contribution < -0.4 is 0 Å². The second-order valence-electron chi connectivity index (χ2n) is 25.3. The molecular formula is C51H80N4O5. The van der Waals surface area contributed by atoms with Gasteiger partial charge in [0, 0.05) is 29.5 Å². The summed E-state index contributed by atoms with van der Waals surface area (Å²) in [4.78, 5) is 43.2. The van der Waals surface area contributed by atoms with Gasteiger partial charge in [0.1, 0.15) is 17.8 Å². The van der Waals surface area contributed by atoms with Crippen LogP contribution in [0.5, 0.6) is 0 Å². The predicted octanol–water partition coefficient (Wildman–Crippen LogP) is 11.1. The van der Waals surface area contributed by atoms with Gasteiger partial charge in [-0.15, -0.1) is 10.2 Å². The number of nitrogens with zero attached hydrogens (tertiary/aromatic N) is 4. The van der Waals surface area contributed by atoms with Gasteiger partial charge < -0.3 is 19.3 Å². The number of hydrogen-bond donors (Lipinski definition) is 1. The average Bonchev–Trinajstić information content (AvgIpc) is 3.45. The van der Waals surface area contributed by atoms with Crippen LogP contribution in [0.15, 0.2) is 0 Å². The number of carbonyl (C=O) groups is 3. The molecule has 2 aliphatic heterocycles. The summed E-state index contributed by atoms with van der Waals surface area (Å²) in [6.45, 7) is 25.6. The average molecular weight is 829 g/mol. The molecule has 6 aliphatic carbocycles. The van der Waals surface area contributed by atoms with Crippen molar-refractivity contribution in [2.75, 3.05) is 0 Å². The number of aryl methyl sites for hydroxylation is 1. The molecule has 0 unspecified atom stereocenters. The molecule has 13 atom stereocenters. The summed E-state index contributed by atoms with van der Waals surface area (Å²) >= 11 is 0. The molecule has 1 aromatic heterocycles. The van der Waals surface area contributed by atoms with Gasteiger partial charge in [-0.3, -0.25) is 14.4 Å². The Morgan fingerprint density at radius 2 is 1.43 bits per heavy atom. The maximum atomic E-state index is 15.9. The van der Waals surface area contributed by atoms with E-state index in [1.54, 1.807) is 0 Å². The predicted molar refractivity (Wildman–Crippen MR) is 233 cm³/mol. The number of piperidine rings is 1. The van der Waals surface area contributed by atoms with Crippen LogP contribution in [-0.2, 0) is 19.1 Å². The van der Waals surface area contributed by atoms with E-state index < -0.39 is 11.4 Å². The first-order valence-electron chi connectivity index (χ1n) is 24.7.